The van der Waals surface area contributed by atoms with Crippen molar-refractivity contribution in [2.75, 3.05) is 26.3 Å². The zero-order chi connectivity index (χ0) is 11.0. The molecule has 0 aromatic carbocycles. The van der Waals surface area contributed by atoms with Crippen molar-refractivity contribution in [1.82, 2.24) is 5.32 Å². The van der Waals surface area contributed by atoms with Gasteiger partial charge in [-0.2, -0.15) is 0 Å². The molecule has 0 aromatic heterocycles. The summed E-state index contributed by atoms with van der Waals surface area (Å²) in [7, 11) is 0. The molecule has 0 radical (unpaired) electrons. The van der Waals surface area contributed by atoms with Crippen LogP contribution in [0.4, 0.5) is 0 Å². The topological polar surface area (TPSA) is 21.3 Å². The van der Waals surface area contributed by atoms with Crippen LogP contribution in [0.15, 0.2) is 0 Å². The van der Waals surface area contributed by atoms with E-state index in [-0.39, 0.29) is 0 Å². The first kappa shape index (κ1) is 12.5. The monoisotopic (exact) mass is 209 g/mol. The normalized spacial score (nSPS) is 19.7. The Morgan fingerprint density at radius 2 is 2.07 bits per heavy atom. The zero-order valence-corrected chi connectivity index (χ0v) is 9.85. The molecule has 1 aliphatic rings. The van der Waals surface area contributed by atoms with Gasteiger partial charge in [0.15, 0.2) is 0 Å². The third-order valence-electron chi connectivity index (χ3n) is 3.18. The molecule has 86 valence electrons. The molecule has 1 rings (SSSR count). The number of hydrogen-bond donors (Lipinski definition) is 1. The smallest absolute Gasteiger partial charge is 0.0471 e. The van der Waals surface area contributed by atoms with Gasteiger partial charge < -0.3 is 10.1 Å². The summed E-state index contributed by atoms with van der Waals surface area (Å²) >= 11 is 0. The van der Waals surface area contributed by atoms with Gasteiger partial charge in [-0.3, -0.25) is 0 Å². The van der Waals surface area contributed by atoms with Crippen LogP contribution in [0, 0.1) is 17.8 Å². The van der Waals surface area contributed by atoms with Crippen molar-refractivity contribution in [2.45, 2.75) is 39.0 Å². The molecule has 0 bridgehead atoms. The fourth-order valence-electron chi connectivity index (χ4n) is 1.91. The molecule has 1 heterocycles. The quantitative estimate of drug-likeness (QED) is 0.535. The number of rotatable bonds is 6. The molecule has 15 heavy (non-hydrogen) atoms. The molecule has 0 atom stereocenters. The molecule has 1 fully saturated rings. The van der Waals surface area contributed by atoms with E-state index >= 15 is 0 Å². The van der Waals surface area contributed by atoms with Crippen LogP contribution in [0.3, 0.4) is 0 Å². The average molecular weight is 209 g/mol. The number of nitrogens with one attached hydrogen (secondary N) is 1. The Labute approximate surface area is 93.8 Å². The molecule has 0 amide bonds. The van der Waals surface area contributed by atoms with E-state index in [1.807, 2.05) is 0 Å². The van der Waals surface area contributed by atoms with E-state index in [0.717, 1.165) is 39.1 Å². The summed E-state index contributed by atoms with van der Waals surface area (Å²) in [4.78, 5) is 0. The van der Waals surface area contributed by atoms with Crippen molar-refractivity contribution >= 4 is 0 Å². The maximum Gasteiger partial charge on any atom is 0.0471 e. The third kappa shape index (κ3) is 5.20. The van der Waals surface area contributed by atoms with Crippen LogP contribution >= 0.6 is 0 Å². The summed E-state index contributed by atoms with van der Waals surface area (Å²) < 4.78 is 5.37. The van der Waals surface area contributed by atoms with E-state index < -0.39 is 0 Å². The van der Waals surface area contributed by atoms with Gasteiger partial charge in [0.05, 0.1) is 0 Å². The molecule has 0 aromatic rings. The van der Waals surface area contributed by atoms with Crippen LogP contribution in [0.2, 0.25) is 0 Å². The highest BCUT2D eigenvalue weighted by Gasteiger charge is 2.26. The molecule has 0 spiro atoms. The molecule has 2 heteroatoms. The Hall–Kier alpha value is -0.520. The van der Waals surface area contributed by atoms with Gasteiger partial charge in [0, 0.05) is 26.2 Å². The maximum absolute atomic E-state index is 5.37. The summed E-state index contributed by atoms with van der Waals surface area (Å²) in [5.41, 5.74) is 0.449. The minimum atomic E-state index is 0.449. The van der Waals surface area contributed by atoms with Crippen molar-refractivity contribution in [1.29, 1.82) is 0 Å². The van der Waals surface area contributed by atoms with Gasteiger partial charge in [0.1, 0.15) is 0 Å². The van der Waals surface area contributed by atoms with E-state index in [2.05, 4.69) is 18.2 Å². The first-order valence-corrected chi connectivity index (χ1v) is 5.99. The summed E-state index contributed by atoms with van der Waals surface area (Å²) in [5, 5.41) is 3.53. The lowest BCUT2D eigenvalue weighted by Crippen LogP contribution is -2.37. The second-order valence-corrected chi connectivity index (χ2v) is 4.76. The Morgan fingerprint density at radius 1 is 1.33 bits per heavy atom. The second-order valence-electron chi connectivity index (χ2n) is 4.76. The van der Waals surface area contributed by atoms with Gasteiger partial charge in [-0.1, -0.05) is 6.92 Å². The molecule has 0 aliphatic carbocycles. The van der Waals surface area contributed by atoms with Crippen LogP contribution in [-0.2, 0) is 4.74 Å². The molecule has 1 saturated heterocycles. The molecule has 1 aliphatic heterocycles. The lowest BCUT2D eigenvalue weighted by atomic mass is 9.82. The van der Waals surface area contributed by atoms with Gasteiger partial charge in [0.25, 0.3) is 0 Å². The van der Waals surface area contributed by atoms with E-state index in [4.69, 9.17) is 11.2 Å². The third-order valence-corrected chi connectivity index (χ3v) is 3.18. The van der Waals surface area contributed by atoms with Gasteiger partial charge in [-0.15, -0.1) is 12.3 Å². The molecular weight excluding hydrogens is 186 g/mol. The van der Waals surface area contributed by atoms with Gasteiger partial charge >= 0.3 is 0 Å². The van der Waals surface area contributed by atoms with Gasteiger partial charge in [-0.25, -0.2) is 0 Å². The SMILES string of the molecule is C#CCCCCNCC1(C)CCOCC1. The van der Waals surface area contributed by atoms with Crippen molar-refractivity contribution in [3.8, 4) is 12.3 Å². The van der Waals surface area contributed by atoms with Crippen molar-refractivity contribution in [3.05, 3.63) is 0 Å². The summed E-state index contributed by atoms with van der Waals surface area (Å²) in [6, 6.07) is 0. The Morgan fingerprint density at radius 3 is 2.73 bits per heavy atom. The Kier molecular flexibility index (Phi) is 5.75. The standard InChI is InChI=1S/C13H23NO/c1-3-4-5-6-9-14-12-13(2)7-10-15-11-8-13/h1,14H,4-12H2,2H3. The van der Waals surface area contributed by atoms with Crippen LogP contribution in [0.5, 0.6) is 0 Å². The first-order valence-electron chi connectivity index (χ1n) is 5.99. The van der Waals surface area contributed by atoms with Crippen LogP contribution in [0.1, 0.15) is 39.0 Å². The van der Waals surface area contributed by atoms with E-state index in [9.17, 15) is 0 Å². The highest BCUT2D eigenvalue weighted by molar-refractivity contribution is 4.83. The van der Waals surface area contributed by atoms with Crippen LogP contribution in [0.25, 0.3) is 0 Å². The second kappa shape index (κ2) is 6.87. The zero-order valence-electron chi connectivity index (χ0n) is 9.85. The minimum Gasteiger partial charge on any atom is -0.381 e. The lowest BCUT2D eigenvalue weighted by molar-refractivity contribution is 0.0242. The average Bonchev–Trinajstić information content (AvgIpc) is 2.24. The highest BCUT2D eigenvalue weighted by atomic mass is 16.5. The summed E-state index contributed by atoms with van der Waals surface area (Å²) in [6.45, 7) is 6.42. The van der Waals surface area contributed by atoms with Crippen molar-refractivity contribution in [3.63, 3.8) is 0 Å². The number of ether oxygens (including phenoxy) is 1. The fourth-order valence-corrected chi connectivity index (χ4v) is 1.91. The molecule has 1 N–H and O–H groups in total. The molecular formula is C13H23NO. The fraction of sp³-hybridized carbons (Fsp3) is 0.846. The predicted molar refractivity (Wildman–Crippen MR) is 63.7 cm³/mol. The molecule has 0 unspecified atom stereocenters. The summed E-state index contributed by atoms with van der Waals surface area (Å²) in [6.07, 6.45) is 10.8. The van der Waals surface area contributed by atoms with Crippen LogP contribution < -0.4 is 5.32 Å². The molecule has 0 saturated carbocycles. The van der Waals surface area contributed by atoms with Crippen molar-refractivity contribution in [2.24, 2.45) is 5.41 Å². The van der Waals surface area contributed by atoms with Gasteiger partial charge in [-0.05, 0) is 37.6 Å². The number of unbranched alkanes of at least 4 members (excludes halogenated alkanes) is 2. The molecule has 2 nitrogen and oxygen atoms in total. The first-order chi connectivity index (χ1) is 7.27. The summed E-state index contributed by atoms with van der Waals surface area (Å²) in [5.74, 6) is 2.67. The van der Waals surface area contributed by atoms with Gasteiger partial charge in [0.2, 0.25) is 0 Å². The van der Waals surface area contributed by atoms with E-state index in [1.54, 1.807) is 0 Å². The Bertz CT molecular complexity index is 201. The van der Waals surface area contributed by atoms with Crippen LogP contribution in [-0.4, -0.2) is 26.3 Å². The minimum absolute atomic E-state index is 0.449. The largest absolute Gasteiger partial charge is 0.381 e. The maximum atomic E-state index is 5.37. The van der Waals surface area contributed by atoms with E-state index in [0.29, 0.717) is 5.41 Å². The lowest BCUT2D eigenvalue weighted by Gasteiger charge is -2.33. The highest BCUT2D eigenvalue weighted by Crippen LogP contribution is 2.28. The predicted octanol–water partition coefficient (Wildman–Crippen LogP) is 2.20. The number of hydrogen-bond acceptors (Lipinski definition) is 2. The van der Waals surface area contributed by atoms with Crippen molar-refractivity contribution < 1.29 is 4.74 Å². The van der Waals surface area contributed by atoms with E-state index in [1.165, 1.54) is 19.3 Å². The Balaban J connectivity index is 2.01. The number of terminal acetylenes is 1.